The minimum absolute atomic E-state index is 0. The van der Waals surface area contributed by atoms with E-state index in [9.17, 15) is 0 Å². The van der Waals surface area contributed by atoms with Crippen molar-refractivity contribution in [3.63, 3.8) is 0 Å². The number of hydrogen-bond acceptors (Lipinski definition) is 4. The first-order valence-corrected chi connectivity index (χ1v) is 3.34. The molecule has 0 amide bonds. The summed E-state index contributed by atoms with van der Waals surface area (Å²) in [5.41, 5.74) is 0. The average Bonchev–Trinajstić information content (AvgIpc) is 1.82. The van der Waals surface area contributed by atoms with Crippen LogP contribution in [0.25, 0.3) is 0 Å². The van der Waals surface area contributed by atoms with Crippen LogP contribution in [0.1, 0.15) is 13.3 Å². The van der Waals surface area contributed by atoms with Gasteiger partial charge in [0.25, 0.3) is 0 Å². The first-order valence-electron chi connectivity index (χ1n) is 3.34. The molecule has 0 atom stereocenters. The molecule has 0 bridgehead atoms. The molecule has 4 heteroatoms. The predicted molar refractivity (Wildman–Crippen MR) is 49.9 cm³/mol. The van der Waals surface area contributed by atoms with Gasteiger partial charge < -0.3 is 11.1 Å². The lowest BCUT2D eigenvalue weighted by atomic mass is 10.5. The molecule has 0 rings (SSSR count). The lowest BCUT2D eigenvalue weighted by Crippen LogP contribution is -1.99. The Morgan fingerprint density at radius 2 is 1.73 bits per heavy atom. The second-order valence-corrected chi connectivity index (χ2v) is 2.34. The van der Waals surface area contributed by atoms with Gasteiger partial charge in [-0.25, -0.2) is 10.4 Å². The van der Waals surface area contributed by atoms with Crippen molar-refractivity contribution in [3.05, 3.63) is 0 Å². The molecule has 0 spiro atoms. The van der Waals surface area contributed by atoms with Crippen LogP contribution in [0.15, 0.2) is 4.99 Å². The number of aliphatic imine (C=N–C) groups is 1. The molecule has 4 nitrogen and oxygen atoms in total. The number of rotatable bonds is 2. The van der Waals surface area contributed by atoms with Crippen LogP contribution < -0.4 is 6.15 Å². The maximum absolute atomic E-state index is 6.29. The van der Waals surface area contributed by atoms with Crippen LogP contribution in [0, 0.1) is 5.41 Å². The monoisotopic (exact) mass is 160 g/mol. The Kier molecular flexibility index (Phi) is 24.5. The van der Waals surface area contributed by atoms with E-state index >= 15 is 0 Å². The third-order valence-corrected chi connectivity index (χ3v) is 0.414. The van der Waals surface area contributed by atoms with Crippen LogP contribution in [0.3, 0.4) is 0 Å². The SMILES string of the molecule is CCCN=C=N.CN(C)C.N. The molecule has 0 saturated heterocycles. The minimum Gasteiger partial charge on any atom is -0.344 e. The number of nitrogens with one attached hydrogen (secondary N) is 1. The molecule has 0 aromatic rings. The molecule has 0 aliphatic carbocycles. The van der Waals surface area contributed by atoms with Crippen molar-refractivity contribution in [2.75, 3.05) is 27.7 Å². The molecule has 0 fully saturated rings. The van der Waals surface area contributed by atoms with Gasteiger partial charge in [0.15, 0.2) is 0 Å². The van der Waals surface area contributed by atoms with Crippen molar-refractivity contribution in [2.24, 2.45) is 4.99 Å². The summed E-state index contributed by atoms with van der Waals surface area (Å²) >= 11 is 0. The number of nitrogens with zero attached hydrogens (tertiary/aromatic N) is 2. The van der Waals surface area contributed by atoms with Crippen molar-refractivity contribution >= 4 is 6.01 Å². The van der Waals surface area contributed by atoms with Gasteiger partial charge in [-0.1, -0.05) is 6.92 Å². The summed E-state index contributed by atoms with van der Waals surface area (Å²) in [5.74, 6) is 0. The Bertz CT molecular complexity index is 91.9. The van der Waals surface area contributed by atoms with E-state index in [0.29, 0.717) is 0 Å². The highest BCUT2D eigenvalue weighted by molar-refractivity contribution is 5.35. The van der Waals surface area contributed by atoms with E-state index in [0.717, 1.165) is 13.0 Å². The molecule has 0 aliphatic heterocycles. The fourth-order valence-electron chi connectivity index (χ4n) is 0.168. The van der Waals surface area contributed by atoms with Crippen molar-refractivity contribution in [2.45, 2.75) is 13.3 Å². The fourth-order valence-corrected chi connectivity index (χ4v) is 0.168. The highest BCUT2D eigenvalue weighted by Crippen LogP contribution is 1.71. The minimum atomic E-state index is 0. The van der Waals surface area contributed by atoms with E-state index in [2.05, 4.69) is 4.99 Å². The van der Waals surface area contributed by atoms with Gasteiger partial charge in [0.05, 0.1) is 6.01 Å². The molecule has 0 heterocycles. The van der Waals surface area contributed by atoms with E-state index in [1.807, 2.05) is 39.0 Å². The molecule has 4 N–H and O–H groups in total. The van der Waals surface area contributed by atoms with Crippen LogP contribution in [0.2, 0.25) is 0 Å². The molecular formula is C7H20N4. The second-order valence-electron chi connectivity index (χ2n) is 2.34. The third-order valence-electron chi connectivity index (χ3n) is 0.414. The van der Waals surface area contributed by atoms with Crippen LogP contribution in [0.4, 0.5) is 0 Å². The van der Waals surface area contributed by atoms with Crippen molar-refractivity contribution in [1.29, 1.82) is 5.41 Å². The largest absolute Gasteiger partial charge is 0.344 e. The third kappa shape index (κ3) is 93.7. The summed E-state index contributed by atoms with van der Waals surface area (Å²) in [6.07, 6.45) is 1.01. The lowest BCUT2D eigenvalue weighted by molar-refractivity contribution is 0.505. The summed E-state index contributed by atoms with van der Waals surface area (Å²) in [6, 6.07) is 1.94. The van der Waals surface area contributed by atoms with Crippen LogP contribution in [0.5, 0.6) is 0 Å². The van der Waals surface area contributed by atoms with Crippen LogP contribution in [-0.4, -0.2) is 38.6 Å². The Morgan fingerprint density at radius 1 is 1.36 bits per heavy atom. The maximum atomic E-state index is 6.29. The molecule has 0 saturated carbocycles. The zero-order chi connectivity index (χ0) is 8.41. The van der Waals surface area contributed by atoms with Crippen molar-refractivity contribution < 1.29 is 0 Å². The molecule has 0 aromatic heterocycles. The first kappa shape index (κ1) is 16.7. The fraction of sp³-hybridized carbons (Fsp3) is 0.857. The zero-order valence-corrected chi connectivity index (χ0v) is 8.02. The summed E-state index contributed by atoms with van der Waals surface area (Å²) in [5, 5.41) is 6.29. The standard InChI is InChI=1S/C4H8N2.C3H9N.H3N/c1-2-3-6-4-5;1-4(2)3;/h5H,2-3H2,1H3;1-3H3;1H3. The second kappa shape index (κ2) is 16.1. The van der Waals surface area contributed by atoms with Gasteiger partial charge in [0.2, 0.25) is 0 Å². The van der Waals surface area contributed by atoms with Gasteiger partial charge in [-0.2, -0.15) is 0 Å². The summed E-state index contributed by atoms with van der Waals surface area (Å²) < 4.78 is 0. The van der Waals surface area contributed by atoms with Crippen LogP contribution >= 0.6 is 0 Å². The highest BCUT2D eigenvalue weighted by Gasteiger charge is 1.64. The molecule has 0 aromatic carbocycles. The van der Waals surface area contributed by atoms with E-state index in [1.54, 1.807) is 0 Å². The lowest BCUT2D eigenvalue weighted by Gasteiger charge is -1.90. The van der Waals surface area contributed by atoms with E-state index in [4.69, 9.17) is 5.41 Å². The van der Waals surface area contributed by atoms with Gasteiger partial charge in [-0.05, 0) is 27.6 Å². The molecule has 11 heavy (non-hydrogen) atoms. The average molecular weight is 160 g/mol. The summed E-state index contributed by atoms with van der Waals surface area (Å²) in [7, 11) is 6.00. The van der Waals surface area contributed by atoms with Crippen molar-refractivity contribution in [1.82, 2.24) is 11.1 Å². The normalized spacial score (nSPS) is 7.00. The smallest absolute Gasteiger partial charge is 0.0861 e. The van der Waals surface area contributed by atoms with Gasteiger partial charge in [0, 0.05) is 6.54 Å². The van der Waals surface area contributed by atoms with Crippen LogP contribution in [-0.2, 0) is 0 Å². The Labute approximate surface area is 69.4 Å². The Hall–Kier alpha value is -0.700. The first-order chi connectivity index (χ1) is 4.65. The van der Waals surface area contributed by atoms with Gasteiger partial charge in [0.1, 0.15) is 0 Å². The van der Waals surface area contributed by atoms with E-state index in [1.165, 1.54) is 0 Å². The van der Waals surface area contributed by atoms with E-state index in [-0.39, 0.29) is 6.15 Å². The molecule has 0 aliphatic rings. The highest BCUT2D eigenvalue weighted by atomic mass is 15.0. The van der Waals surface area contributed by atoms with Gasteiger partial charge in [-0.3, -0.25) is 0 Å². The predicted octanol–water partition coefficient (Wildman–Crippen LogP) is 1.49. The van der Waals surface area contributed by atoms with Crippen molar-refractivity contribution in [3.8, 4) is 0 Å². The Balaban J connectivity index is -0.000000114. The molecule has 0 radical (unpaired) electrons. The maximum Gasteiger partial charge on any atom is 0.0861 e. The summed E-state index contributed by atoms with van der Waals surface area (Å²) in [6.45, 7) is 2.75. The molecular weight excluding hydrogens is 140 g/mol. The Morgan fingerprint density at radius 3 is 1.82 bits per heavy atom. The molecule has 0 unspecified atom stereocenters. The van der Waals surface area contributed by atoms with E-state index < -0.39 is 0 Å². The quantitative estimate of drug-likeness (QED) is 0.600. The van der Waals surface area contributed by atoms with Gasteiger partial charge >= 0.3 is 0 Å². The zero-order valence-electron chi connectivity index (χ0n) is 8.02. The summed E-state index contributed by atoms with van der Waals surface area (Å²) in [4.78, 5) is 5.51. The van der Waals surface area contributed by atoms with Gasteiger partial charge in [-0.15, -0.1) is 0 Å². The number of hydrogen-bond donors (Lipinski definition) is 2. The topological polar surface area (TPSA) is 74.5 Å². The molecule has 68 valence electrons.